The maximum absolute atomic E-state index is 11.7. The van der Waals surface area contributed by atoms with Crippen molar-refractivity contribution in [3.05, 3.63) is 42.0 Å². The summed E-state index contributed by atoms with van der Waals surface area (Å²) in [5.41, 5.74) is 1.32. The summed E-state index contributed by atoms with van der Waals surface area (Å²) in [6.07, 6.45) is 1.66. The van der Waals surface area contributed by atoms with Crippen molar-refractivity contribution in [3.63, 3.8) is 0 Å². The van der Waals surface area contributed by atoms with E-state index in [1.54, 1.807) is 25.1 Å². The van der Waals surface area contributed by atoms with Crippen molar-refractivity contribution in [3.8, 4) is 5.75 Å². The van der Waals surface area contributed by atoms with Crippen molar-refractivity contribution in [2.24, 2.45) is 0 Å². The Balaban J connectivity index is 2.87. The Bertz CT molecular complexity index is 385. The first-order valence-electron chi connectivity index (χ1n) is 4.77. The number of phenols is 1. The van der Waals surface area contributed by atoms with Gasteiger partial charge in [0.05, 0.1) is 0 Å². The number of nitrogens with one attached hydrogen (secondary N) is 1. The highest BCUT2D eigenvalue weighted by molar-refractivity contribution is 5.96. The highest BCUT2D eigenvalue weighted by atomic mass is 16.3. The third kappa shape index (κ3) is 2.84. The van der Waals surface area contributed by atoms with Crippen LogP contribution in [0.4, 0.5) is 0 Å². The average molecular weight is 205 g/mol. The van der Waals surface area contributed by atoms with E-state index in [0.717, 1.165) is 5.56 Å². The molecule has 2 N–H and O–H groups in total. The molecule has 0 fully saturated rings. The number of rotatable bonds is 3. The zero-order valence-corrected chi connectivity index (χ0v) is 8.95. The zero-order chi connectivity index (χ0) is 11.4. The van der Waals surface area contributed by atoms with Gasteiger partial charge < -0.3 is 10.4 Å². The van der Waals surface area contributed by atoms with Crippen molar-refractivity contribution < 1.29 is 9.90 Å². The quantitative estimate of drug-likeness (QED) is 0.741. The van der Waals surface area contributed by atoms with Crippen LogP contribution >= 0.6 is 0 Å². The number of benzene rings is 1. The number of aryl methyl sites for hydroxylation is 1. The number of aromatic hydroxyl groups is 1. The van der Waals surface area contributed by atoms with Gasteiger partial charge in [-0.15, -0.1) is 6.58 Å². The average Bonchev–Trinajstić information content (AvgIpc) is 2.17. The van der Waals surface area contributed by atoms with E-state index in [0.29, 0.717) is 5.56 Å². The summed E-state index contributed by atoms with van der Waals surface area (Å²) in [5.74, 6) is 0.0146. The van der Waals surface area contributed by atoms with Crippen LogP contribution in [0.25, 0.3) is 0 Å². The molecule has 1 unspecified atom stereocenters. The molecule has 0 bridgehead atoms. The fourth-order valence-electron chi connectivity index (χ4n) is 1.25. The van der Waals surface area contributed by atoms with Gasteiger partial charge in [-0.1, -0.05) is 6.08 Å². The van der Waals surface area contributed by atoms with Gasteiger partial charge in [0.25, 0.3) is 5.91 Å². The summed E-state index contributed by atoms with van der Waals surface area (Å²) >= 11 is 0. The second-order valence-electron chi connectivity index (χ2n) is 3.50. The Kier molecular flexibility index (Phi) is 3.50. The van der Waals surface area contributed by atoms with Gasteiger partial charge in [-0.05, 0) is 37.6 Å². The highest BCUT2D eigenvalue weighted by Gasteiger charge is 2.10. The Morgan fingerprint density at radius 2 is 2.27 bits per heavy atom. The van der Waals surface area contributed by atoms with Crippen molar-refractivity contribution in [2.45, 2.75) is 19.9 Å². The predicted octanol–water partition coefficient (Wildman–Crippen LogP) is 2.00. The lowest BCUT2D eigenvalue weighted by atomic mass is 10.1. The van der Waals surface area contributed by atoms with Crippen molar-refractivity contribution in [2.75, 3.05) is 0 Å². The molecule has 1 aromatic rings. The molecule has 0 aromatic heterocycles. The van der Waals surface area contributed by atoms with E-state index in [9.17, 15) is 9.90 Å². The van der Waals surface area contributed by atoms with E-state index in [2.05, 4.69) is 11.9 Å². The van der Waals surface area contributed by atoms with Crippen LogP contribution < -0.4 is 5.32 Å². The molecule has 0 radical (unpaired) electrons. The Morgan fingerprint density at radius 1 is 1.60 bits per heavy atom. The largest absolute Gasteiger partial charge is 0.508 e. The molecule has 0 heterocycles. The minimum atomic E-state index is -0.153. The third-order valence-corrected chi connectivity index (χ3v) is 2.17. The fourth-order valence-corrected chi connectivity index (χ4v) is 1.25. The van der Waals surface area contributed by atoms with E-state index in [-0.39, 0.29) is 17.7 Å². The van der Waals surface area contributed by atoms with Gasteiger partial charge in [0.2, 0.25) is 0 Å². The molecule has 3 heteroatoms. The molecular weight excluding hydrogens is 190 g/mol. The molecule has 1 amide bonds. The maximum atomic E-state index is 11.7. The molecule has 1 aromatic carbocycles. The first-order valence-corrected chi connectivity index (χ1v) is 4.77. The van der Waals surface area contributed by atoms with Crippen LogP contribution in [0.2, 0.25) is 0 Å². The summed E-state index contributed by atoms with van der Waals surface area (Å²) in [4.78, 5) is 11.7. The molecule has 0 saturated heterocycles. The van der Waals surface area contributed by atoms with Crippen molar-refractivity contribution in [1.29, 1.82) is 0 Å². The number of hydrogen-bond donors (Lipinski definition) is 2. The fraction of sp³-hybridized carbons (Fsp3) is 0.250. The second-order valence-corrected chi connectivity index (χ2v) is 3.50. The molecule has 0 aliphatic carbocycles. The molecule has 80 valence electrons. The normalized spacial score (nSPS) is 11.9. The molecule has 15 heavy (non-hydrogen) atoms. The molecule has 0 spiro atoms. The summed E-state index contributed by atoms with van der Waals surface area (Å²) in [6.45, 7) is 7.22. The van der Waals surface area contributed by atoms with Gasteiger partial charge in [-0.25, -0.2) is 0 Å². The van der Waals surface area contributed by atoms with Gasteiger partial charge in [0, 0.05) is 11.6 Å². The van der Waals surface area contributed by atoms with Crippen LogP contribution in [-0.2, 0) is 0 Å². The summed E-state index contributed by atoms with van der Waals surface area (Å²) < 4.78 is 0. The minimum absolute atomic E-state index is 0.0642. The summed E-state index contributed by atoms with van der Waals surface area (Å²) in [6, 6.07) is 4.61. The SMILES string of the molecule is C=CC(C)NC(=O)c1ccc(O)cc1C. The molecule has 1 rings (SSSR count). The van der Waals surface area contributed by atoms with Crippen LogP contribution in [0.3, 0.4) is 0 Å². The van der Waals surface area contributed by atoms with Crippen LogP contribution in [0, 0.1) is 6.92 Å². The lowest BCUT2D eigenvalue weighted by Crippen LogP contribution is -2.31. The molecule has 0 aliphatic rings. The number of hydrogen-bond acceptors (Lipinski definition) is 2. The van der Waals surface area contributed by atoms with Crippen molar-refractivity contribution in [1.82, 2.24) is 5.32 Å². The minimum Gasteiger partial charge on any atom is -0.508 e. The van der Waals surface area contributed by atoms with Gasteiger partial charge in [0.1, 0.15) is 5.75 Å². The Morgan fingerprint density at radius 3 is 2.80 bits per heavy atom. The molecule has 1 atom stereocenters. The van der Waals surface area contributed by atoms with E-state index >= 15 is 0 Å². The number of phenolic OH excluding ortho intramolecular Hbond substituents is 1. The molecule has 0 saturated carbocycles. The summed E-state index contributed by atoms with van der Waals surface area (Å²) in [7, 11) is 0. The van der Waals surface area contributed by atoms with Crippen LogP contribution in [0.5, 0.6) is 5.75 Å². The monoisotopic (exact) mass is 205 g/mol. The second kappa shape index (κ2) is 4.64. The van der Waals surface area contributed by atoms with Gasteiger partial charge >= 0.3 is 0 Å². The maximum Gasteiger partial charge on any atom is 0.252 e. The van der Waals surface area contributed by atoms with Crippen molar-refractivity contribution >= 4 is 5.91 Å². The zero-order valence-electron chi connectivity index (χ0n) is 8.95. The van der Waals surface area contributed by atoms with Crippen LogP contribution in [-0.4, -0.2) is 17.1 Å². The summed E-state index contributed by atoms with van der Waals surface area (Å²) in [5, 5.41) is 12.0. The van der Waals surface area contributed by atoms with E-state index in [4.69, 9.17) is 0 Å². The number of carbonyl (C=O) groups is 1. The van der Waals surface area contributed by atoms with Gasteiger partial charge in [-0.3, -0.25) is 4.79 Å². The number of carbonyl (C=O) groups excluding carboxylic acids is 1. The predicted molar refractivity (Wildman–Crippen MR) is 60.0 cm³/mol. The first-order chi connectivity index (χ1) is 7.04. The highest BCUT2D eigenvalue weighted by Crippen LogP contribution is 2.15. The van der Waals surface area contributed by atoms with Gasteiger partial charge in [-0.2, -0.15) is 0 Å². The Hall–Kier alpha value is -1.77. The third-order valence-electron chi connectivity index (χ3n) is 2.17. The first kappa shape index (κ1) is 11.3. The van der Waals surface area contributed by atoms with Crippen LogP contribution in [0.15, 0.2) is 30.9 Å². The lowest BCUT2D eigenvalue weighted by Gasteiger charge is -2.11. The van der Waals surface area contributed by atoms with E-state index in [1.807, 2.05) is 6.92 Å². The standard InChI is InChI=1S/C12H15NO2/c1-4-9(3)13-12(15)11-6-5-10(14)7-8(11)2/h4-7,9,14H,1H2,2-3H3,(H,13,15). The molecule has 0 aliphatic heterocycles. The van der Waals surface area contributed by atoms with Crippen LogP contribution in [0.1, 0.15) is 22.8 Å². The number of amides is 1. The molecular formula is C12H15NO2. The molecule has 3 nitrogen and oxygen atoms in total. The topological polar surface area (TPSA) is 49.3 Å². The Labute approximate surface area is 89.4 Å². The van der Waals surface area contributed by atoms with E-state index < -0.39 is 0 Å². The smallest absolute Gasteiger partial charge is 0.252 e. The lowest BCUT2D eigenvalue weighted by molar-refractivity contribution is 0.0946. The van der Waals surface area contributed by atoms with E-state index in [1.165, 1.54) is 6.07 Å². The van der Waals surface area contributed by atoms with Gasteiger partial charge in [0.15, 0.2) is 0 Å².